The minimum Gasteiger partial charge on any atom is -0.348 e. The molecule has 9 heteroatoms. The molecule has 28 heavy (non-hydrogen) atoms. The van der Waals surface area contributed by atoms with Crippen LogP contribution in [0.5, 0.6) is 0 Å². The van der Waals surface area contributed by atoms with Gasteiger partial charge in [-0.15, -0.1) is 0 Å². The van der Waals surface area contributed by atoms with Crippen molar-refractivity contribution in [3.63, 3.8) is 0 Å². The van der Waals surface area contributed by atoms with Crippen molar-refractivity contribution >= 4 is 5.95 Å². The molecule has 0 amide bonds. The summed E-state index contributed by atoms with van der Waals surface area (Å²) in [5.74, 6) is 0.553. The fourth-order valence-corrected chi connectivity index (χ4v) is 3.22. The van der Waals surface area contributed by atoms with Crippen molar-refractivity contribution in [1.29, 1.82) is 0 Å². The van der Waals surface area contributed by atoms with Gasteiger partial charge in [0.05, 0.1) is 30.0 Å². The molecule has 4 rings (SSSR count). The lowest BCUT2D eigenvalue weighted by Gasteiger charge is -2.27. The van der Waals surface area contributed by atoms with E-state index in [9.17, 15) is 13.2 Å². The van der Waals surface area contributed by atoms with Crippen molar-refractivity contribution in [2.45, 2.75) is 32.4 Å². The molecule has 6 nitrogen and oxygen atoms in total. The molecule has 0 unspecified atom stereocenters. The Morgan fingerprint density at radius 2 is 1.79 bits per heavy atom. The molecule has 0 saturated carbocycles. The normalized spacial score (nSPS) is 14.7. The minimum absolute atomic E-state index is 0.531. The second-order valence-electron chi connectivity index (χ2n) is 6.68. The van der Waals surface area contributed by atoms with E-state index in [1.165, 1.54) is 0 Å². The number of rotatable bonds is 5. The lowest BCUT2D eigenvalue weighted by atomic mass is 10.1. The standard InChI is InChI=1S/C19H19F3N6/c20-19(21,22)15-4-2-14(3-5-15)12-27-8-9-28-17(13-27)10-16(26-28)11-25-18-23-6-1-7-24-18/h1-7,10H,8-9,11-13H2,(H,23,24,25). The van der Waals surface area contributed by atoms with Crippen LogP contribution in [0, 0.1) is 0 Å². The van der Waals surface area contributed by atoms with Crippen molar-refractivity contribution in [3.05, 3.63) is 71.3 Å². The maximum Gasteiger partial charge on any atom is 0.416 e. The van der Waals surface area contributed by atoms with Gasteiger partial charge in [-0.25, -0.2) is 9.97 Å². The molecule has 1 aromatic carbocycles. The molecule has 146 valence electrons. The predicted octanol–water partition coefficient (Wildman–Crippen LogP) is 3.32. The Labute approximate surface area is 160 Å². The van der Waals surface area contributed by atoms with E-state index >= 15 is 0 Å². The highest BCUT2D eigenvalue weighted by molar-refractivity contribution is 5.26. The predicted molar refractivity (Wildman–Crippen MR) is 97.1 cm³/mol. The topological polar surface area (TPSA) is 58.9 Å². The van der Waals surface area contributed by atoms with Gasteiger partial charge < -0.3 is 5.32 Å². The smallest absolute Gasteiger partial charge is 0.348 e. The second kappa shape index (κ2) is 7.59. The third-order valence-corrected chi connectivity index (χ3v) is 4.61. The van der Waals surface area contributed by atoms with E-state index in [0.717, 1.165) is 42.2 Å². The molecule has 1 aliphatic heterocycles. The molecule has 1 N–H and O–H groups in total. The van der Waals surface area contributed by atoms with E-state index in [0.29, 0.717) is 25.6 Å². The van der Waals surface area contributed by atoms with Crippen molar-refractivity contribution in [2.75, 3.05) is 11.9 Å². The molecule has 0 spiro atoms. The van der Waals surface area contributed by atoms with Gasteiger partial charge >= 0.3 is 6.18 Å². The molecule has 0 fully saturated rings. The van der Waals surface area contributed by atoms with Crippen LogP contribution in [0.3, 0.4) is 0 Å². The third kappa shape index (κ3) is 4.30. The van der Waals surface area contributed by atoms with Gasteiger partial charge in [-0.1, -0.05) is 12.1 Å². The van der Waals surface area contributed by atoms with Crippen LogP contribution in [0.1, 0.15) is 22.5 Å². The van der Waals surface area contributed by atoms with Crippen LogP contribution >= 0.6 is 0 Å². The van der Waals surface area contributed by atoms with Crippen molar-refractivity contribution in [2.24, 2.45) is 0 Å². The summed E-state index contributed by atoms with van der Waals surface area (Å²) in [7, 11) is 0. The first-order chi connectivity index (χ1) is 13.5. The van der Waals surface area contributed by atoms with E-state index in [1.807, 2.05) is 10.7 Å². The molecule has 0 aliphatic carbocycles. The van der Waals surface area contributed by atoms with Gasteiger partial charge in [-0.2, -0.15) is 18.3 Å². The van der Waals surface area contributed by atoms with Crippen LogP contribution in [0.4, 0.5) is 19.1 Å². The second-order valence-corrected chi connectivity index (χ2v) is 6.68. The van der Waals surface area contributed by atoms with Crippen LogP contribution < -0.4 is 5.32 Å². The SMILES string of the molecule is FC(F)(F)c1ccc(CN2CCn3nc(CNc4ncccn4)cc3C2)cc1. The Kier molecular flexibility index (Phi) is 4.99. The summed E-state index contributed by atoms with van der Waals surface area (Å²) < 4.78 is 40.0. The van der Waals surface area contributed by atoms with Crippen LogP contribution in [0.25, 0.3) is 0 Å². The summed E-state index contributed by atoms with van der Waals surface area (Å²) in [5.41, 5.74) is 2.24. The summed E-state index contributed by atoms with van der Waals surface area (Å²) in [5, 5.41) is 7.73. The van der Waals surface area contributed by atoms with Crippen molar-refractivity contribution in [3.8, 4) is 0 Å². The van der Waals surface area contributed by atoms with Gasteiger partial charge in [-0.05, 0) is 29.8 Å². The fraction of sp³-hybridized carbons (Fsp3) is 0.316. The van der Waals surface area contributed by atoms with E-state index in [1.54, 1.807) is 30.6 Å². The first-order valence-corrected chi connectivity index (χ1v) is 8.92. The number of halogens is 3. The Bertz CT molecular complexity index is 921. The Hall–Kier alpha value is -2.94. The number of benzene rings is 1. The number of aromatic nitrogens is 4. The van der Waals surface area contributed by atoms with E-state index in [-0.39, 0.29) is 0 Å². The molecular formula is C19H19F3N6. The Balaban J connectivity index is 1.36. The van der Waals surface area contributed by atoms with Gasteiger partial charge in [0, 0.05) is 32.0 Å². The number of alkyl halides is 3. The molecule has 0 saturated heterocycles. The Morgan fingerprint density at radius 1 is 1.04 bits per heavy atom. The zero-order chi connectivity index (χ0) is 19.6. The third-order valence-electron chi connectivity index (χ3n) is 4.61. The summed E-state index contributed by atoms with van der Waals surface area (Å²) in [6.45, 7) is 3.38. The first-order valence-electron chi connectivity index (χ1n) is 8.92. The van der Waals surface area contributed by atoms with Gasteiger partial charge in [0.1, 0.15) is 0 Å². The molecule has 1 aliphatic rings. The zero-order valence-corrected chi connectivity index (χ0v) is 15.0. The molecule has 3 aromatic rings. The monoisotopic (exact) mass is 388 g/mol. The molecule has 0 atom stereocenters. The lowest BCUT2D eigenvalue weighted by molar-refractivity contribution is -0.137. The molecule has 0 bridgehead atoms. The van der Waals surface area contributed by atoms with Gasteiger partial charge in [-0.3, -0.25) is 9.58 Å². The maximum absolute atomic E-state index is 12.7. The minimum atomic E-state index is -4.30. The molecular weight excluding hydrogens is 369 g/mol. The lowest BCUT2D eigenvalue weighted by Crippen LogP contribution is -2.33. The summed E-state index contributed by atoms with van der Waals surface area (Å²) in [6.07, 6.45) is -0.954. The molecule has 3 heterocycles. The Morgan fingerprint density at radius 3 is 2.50 bits per heavy atom. The zero-order valence-electron chi connectivity index (χ0n) is 15.0. The van der Waals surface area contributed by atoms with Crippen LogP contribution in [0.2, 0.25) is 0 Å². The maximum atomic E-state index is 12.7. The first kappa shape index (κ1) is 18.4. The van der Waals surface area contributed by atoms with Gasteiger partial charge in [0.15, 0.2) is 0 Å². The summed E-state index contributed by atoms with van der Waals surface area (Å²) in [4.78, 5) is 10.4. The van der Waals surface area contributed by atoms with Crippen LogP contribution in [0.15, 0.2) is 48.8 Å². The average Bonchev–Trinajstić information content (AvgIpc) is 3.09. The number of hydrogen-bond donors (Lipinski definition) is 1. The van der Waals surface area contributed by atoms with E-state index in [2.05, 4.69) is 25.3 Å². The average molecular weight is 388 g/mol. The van der Waals surface area contributed by atoms with Crippen molar-refractivity contribution < 1.29 is 13.2 Å². The van der Waals surface area contributed by atoms with Gasteiger partial charge in [0.2, 0.25) is 5.95 Å². The van der Waals surface area contributed by atoms with E-state index in [4.69, 9.17) is 0 Å². The molecule has 2 aromatic heterocycles. The van der Waals surface area contributed by atoms with Gasteiger partial charge in [0.25, 0.3) is 0 Å². The fourth-order valence-electron chi connectivity index (χ4n) is 3.22. The highest BCUT2D eigenvalue weighted by atomic mass is 19.4. The van der Waals surface area contributed by atoms with Crippen LogP contribution in [-0.2, 0) is 32.4 Å². The van der Waals surface area contributed by atoms with Crippen molar-refractivity contribution in [1.82, 2.24) is 24.6 Å². The largest absolute Gasteiger partial charge is 0.416 e. The number of nitrogens with one attached hydrogen (secondary N) is 1. The quantitative estimate of drug-likeness (QED) is 0.727. The van der Waals surface area contributed by atoms with Crippen LogP contribution in [-0.4, -0.2) is 31.2 Å². The molecule has 0 radical (unpaired) electrons. The summed E-state index contributed by atoms with van der Waals surface area (Å²) >= 11 is 0. The van der Waals surface area contributed by atoms with E-state index < -0.39 is 11.7 Å². The highest BCUT2D eigenvalue weighted by Gasteiger charge is 2.30. The number of nitrogens with zero attached hydrogens (tertiary/aromatic N) is 5. The highest BCUT2D eigenvalue weighted by Crippen LogP contribution is 2.29. The summed E-state index contributed by atoms with van der Waals surface area (Å²) in [6, 6.07) is 9.16. The number of fused-ring (bicyclic) bond motifs is 1. The number of anilines is 1. The number of hydrogen-bond acceptors (Lipinski definition) is 5.